The Morgan fingerprint density at radius 2 is 2.12 bits per heavy atom. The lowest BCUT2D eigenvalue weighted by Gasteiger charge is -2.19. The van der Waals surface area contributed by atoms with Crippen LogP contribution in [0.5, 0.6) is 0 Å². The number of carbonyl (C=O) groups excluding carboxylic acids is 1. The highest BCUT2D eigenvalue weighted by molar-refractivity contribution is 6.29. The van der Waals surface area contributed by atoms with E-state index >= 15 is 0 Å². The minimum atomic E-state index is 0.106. The first-order valence-corrected chi connectivity index (χ1v) is 5.53. The Bertz CT molecular complexity index is 381. The second kappa shape index (κ2) is 4.65. The Morgan fingerprint density at radius 1 is 1.31 bits per heavy atom. The lowest BCUT2D eigenvalue weighted by atomic mass is 10.4. The van der Waals surface area contributed by atoms with Crippen molar-refractivity contribution in [2.24, 2.45) is 0 Å². The molecule has 0 atom stereocenters. The predicted molar refractivity (Wildman–Crippen MR) is 61.5 cm³/mol. The van der Waals surface area contributed by atoms with Crippen molar-refractivity contribution in [3.05, 3.63) is 17.3 Å². The lowest BCUT2D eigenvalue weighted by Crippen LogP contribution is -2.34. The highest BCUT2D eigenvalue weighted by Gasteiger charge is 2.19. The van der Waals surface area contributed by atoms with Crippen molar-refractivity contribution < 1.29 is 4.79 Å². The molecule has 6 heteroatoms. The van der Waals surface area contributed by atoms with E-state index in [9.17, 15) is 4.79 Å². The first kappa shape index (κ1) is 11.1. The van der Waals surface area contributed by atoms with Crippen LogP contribution in [0, 0.1) is 0 Å². The van der Waals surface area contributed by atoms with E-state index in [-0.39, 0.29) is 5.91 Å². The fraction of sp³-hybridized carbons (Fsp3) is 0.500. The van der Waals surface area contributed by atoms with E-state index in [0.29, 0.717) is 17.5 Å². The first-order chi connectivity index (χ1) is 7.66. The molecule has 0 unspecified atom stereocenters. The summed E-state index contributed by atoms with van der Waals surface area (Å²) >= 11 is 5.67. The van der Waals surface area contributed by atoms with Gasteiger partial charge in [-0.2, -0.15) is 0 Å². The second-order valence-electron chi connectivity index (χ2n) is 3.80. The molecule has 0 spiro atoms. The number of hydrogen-bond donors (Lipinski definition) is 0. The fourth-order valence-electron chi connectivity index (χ4n) is 1.66. The number of hydrogen-bond acceptors (Lipinski definition) is 4. The van der Waals surface area contributed by atoms with Crippen LogP contribution >= 0.6 is 11.6 Å². The van der Waals surface area contributed by atoms with Gasteiger partial charge in [0, 0.05) is 20.1 Å². The molecule has 0 saturated carbocycles. The van der Waals surface area contributed by atoms with Crippen LogP contribution in [0.15, 0.2) is 12.1 Å². The third-order valence-electron chi connectivity index (χ3n) is 2.62. The van der Waals surface area contributed by atoms with Crippen LogP contribution in [-0.4, -0.2) is 47.7 Å². The number of nitrogens with zero attached hydrogens (tertiary/aromatic N) is 4. The van der Waals surface area contributed by atoms with Crippen LogP contribution in [0.1, 0.15) is 6.42 Å². The summed E-state index contributed by atoms with van der Waals surface area (Å²) < 4.78 is 0. The van der Waals surface area contributed by atoms with Gasteiger partial charge in [-0.25, -0.2) is 0 Å². The number of likely N-dealkylation sites (N-methyl/N-ethyl adjacent to an activating group) is 1. The number of rotatable bonds is 1. The fourth-order valence-corrected chi connectivity index (χ4v) is 1.76. The average molecular weight is 241 g/mol. The largest absolute Gasteiger partial charge is 0.346 e. The van der Waals surface area contributed by atoms with Gasteiger partial charge in [0.1, 0.15) is 0 Å². The normalized spacial score (nSPS) is 17.5. The van der Waals surface area contributed by atoms with E-state index in [1.54, 1.807) is 17.0 Å². The topological polar surface area (TPSA) is 49.3 Å². The maximum Gasteiger partial charge on any atom is 0.241 e. The predicted octanol–water partition coefficient (Wildman–Crippen LogP) is 0.798. The van der Waals surface area contributed by atoms with Gasteiger partial charge in [0.05, 0.1) is 6.54 Å². The molecule has 1 aromatic rings. The maximum atomic E-state index is 11.7. The molecule has 16 heavy (non-hydrogen) atoms. The highest BCUT2D eigenvalue weighted by Crippen LogP contribution is 2.14. The van der Waals surface area contributed by atoms with Gasteiger partial charge in [-0.1, -0.05) is 11.6 Å². The highest BCUT2D eigenvalue weighted by atomic mass is 35.5. The molecule has 86 valence electrons. The number of anilines is 1. The molecule has 1 aromatic heterocycles. The summed E-state index contributed by atoms with van der Waals surface area (Å²) in [6, 6.07) is 3.47. The summed E-state index contributed by atoms with van der Waals surface area (Å²) in [5, 5.41) is 8.12. The van der Waals surface area contributed by atoms with E-state index in [4.69, 9.17) is 11.6 Å². The van der Waals surface area contributed by atoms with Crippen molar-refractivity contribution in [3.63, 3.8) is 0 Å². The Morgan fingerprint density at radius 3 is 2.81 bits per heavy atom. The number of amides is 1. The Balaban J connectivity index is 2.14. The molecule has 0 aromatic carbocycles. The Hall–Kier alpha value is -1.36. The van der Waals surface area contributed by atoms with E-state index in [2.05, 4.69) is 10.2 Å². The van der Waals surface area contributed by atoms with Crippen LogP contribution in [-0.2, 0) is 4.79 Å². The zero-order valence-corrected chi connectivity index (χ0v) is 9.81. The van der Waals surface area contributed by atoms with Gasteiger partial charge in [-0.3, -0.25) is 4.79 Å². The molecule has 0 bridgehead atoms. The van der Waals surface area contributed by atoms with Crippen molar-refractivity contribution in [1.82, 2.24) is 15.1 Å². The van der Waals surface area contributed by atoms with Crippen molar-refractivity contribution in [1.29, 1.82) is 0 Å². The van der Waals surface area contributed by atoms with Crippen molar-refractivity contribution in [2.75, 3.05) is 31.6 Å². The van der Waals surface area contributed by atoms with Crippen LogP contribution in [0.3, 0.4) is 0 Å². The van der Waals surface area contributed by atoms with E-state index in [1.807, 2.05) is 11.9 Å². The van der Waals surface area contributed by atoms with E-state index in [1.165, 1.54) is 0 Å². The van der Waals surface area contributed by atoms with Gasteiger partial charge < -0.3 is 9.80 Å². The van der Waals surface area contributed by atoms with Gasteiger partial charge in [-0.15, -0.1) is 10.2 Å². The molecule has 2 rings (SSSR count). The molecule has 5 nitrogen and oxygen atoms in total. The molecule has 1 aliphatic heterocycles. The summed E-state index contributed by atoms with van der Waals surface area (Å²) in [7, 11) is 1.82. The van der Waals surface area contributed by atoms with Gasteiger partial charge in [0.15, 0.2) is 11.0 Å². The van der Waals surface area contributed by atoms with E-state index in [0.717, 1.165) is 19.5 Å². The SMILES string of the molecule is CN1CCCN(c2ccc(Cl)nn2)CC1=O. The van der Waals surface area contributed by atoms with Gasteiger partial charge in [0.2, 0.25) is 5.91 Å². The third-order valence-corrected chi connectivity index (χ3v) is 2.82. The molecule has 0 radical (unpaired) electrons. The van der Waals surface area contributed by atoms with Gasteiger partial charge in [-0.05, 0) is 18.6 Å². The minimum Gasteiger partial charge on any atom is -0.346 e. The van der Waals surface area contributed by atoms with Crippen LogP contribution < -0.4 is 4.90 Å². The van der Waals surface area contributed by atoms with Crippen molar-refractivity contribution in [2.45, 2.75) is 6.42 Å². The molecule has 1 amide bonds. The maximum absolute atomic E-state index is 11.7. The van der Waals surface area contributed by atoms with Crippen LogP contribution in [0.25, 0.3) is 0 Å². The van der Waals surface area contributed by atoms with Gasteiger partial charge in [0.25, 0.3) is 0 Å². The standard InChI is InChI=1S/C10H13ClN4O/c1-14-5-2-6-15(7-10(14)16)9-4-3-8(11)12-13-9/h3-4H,2,5-7H2,1H3. The quantitative estimate of drug-likeness (QED) is 0.729. The van der Waals surface area contributed by atoms with Crippen LogP contribution in [0.4, 0.5) is 5.82 Å². The summed E-state index contributed by atoms with van der Waals surface area (Å²) in [6.07, 6.45) is 0.937. The Labute approximate surface area is 99.0 Å². The number of aromatic nitrogens is 2. The number of halogens is 1. The third kappa shape index (κ3) is 2.41. The number of carbonyl (C=O) groups is 1. The van der Waals surface area contributed by atoms with Crippen LogP contribution in [0.2, 0.25) is 5.15 Å². The zero-order chi connectivity index (χ0) is 11.5. The molecule has 2 heterocycles. The summed E-state index contributed by atoms with van der Waals surface area (Å²) in [5.41, 5.74) is 0. The lowest BCUT2D eigenvalue weighted by molar-refractivity contribution is -0.127. The summed E-state index contributed by atoms with van der Waals surface area (Å²) in [4.78, 5) is 15.3. The van der Waals surface area contributed by atoms with Crippen molar-refractivity contribution in [3.8, 4) is 0 Å². The summed E-state index contributed by atoms with van der Waals surface area (Å²) in [6.45, 7) is 1.95. The monoisotopic (exact) mass is 240 g/mol. The minimum absolute atomic E-state index is 0.106. The second-order valence-corrected chi connectivity index (χ2v) is 4.19. The molecule has 0 N–H and O–H groups in total. The molecule has 1 saturated heterocycles. The summed E-state index contributed by atoms with van der Waals surface area (Å²) in [5.74, 6) is 0.808. The Kier molecular flexibility index (Phi) is 3.24. The van der Waals surface area contributed by atoms with Crippen molar-refractivity contribution >= 4 is 23.3 Å². The molecule has 1 aliphatic rings. The molecular weight excluding hydrogens is 228 g/mol. The van der Waals surface area contributed by atoms with E-state index < -0.39 is 0 Å². The molecular formula is C10H13ClN4O. The zero-order valence-electron chi connectivity index (χ0n) is 9.06. The smallest absolute Gasteiger partial charge is 0.241 e. The molecule has 0 aliphatic carbocycles. The average Bonchev–Trinajstić information content (AvgIpc) is 2.43. The first-order valence-electron chi connectivity index (χ1n) is 5.15. The van der Waals surface area contributed by atoms with Gasteiger partial charge >= 0.3 is 0 Å². The molecule has 1 fully saturated rings.